The molecular formula is C17H27N3O2. The summed E-state index contributed by atoms with van der Waals surface area (Å²) in [4.78, 5) is 16.8. The van der Waals surface area contributed by atoms with Gasteiger partial charge in [0.1, 0.15) is 12.4 Å². The maximum absolute atomic E-state index is 12.6. The zero-order valence-corrected chi connectivity index (χ0v) is 13.7. The maximum Gasteiger partial charge on any atom is 0.257 e. The van der Waals surface area contributed by atoms with Crippen LogP contribution in [0.3, 0.4) is 0 Å². The van der Waals surface area contributed by atoms with E-state index in [2.05, 4.69) is 24.1 Å². The largest absolute Gasteiger partial charge is 0.491 e. The van der Waals surface area contributed by atoms with Crippen LogP contribution in [0.2, 0.25) is 0 Å². The van der Waals surface area contributed by atoms with E-state index in [1.807, 2.05) is 29.2 Å². The lowest BCUT2D eigenvalue weighted by Crippen LogP contribution is -2.46. The van der Waals surface area contributed by atoms with Crippen LogP contribution in [0.15, 0.2) is 24.3 Å². The van der Waals surface area contributed by atoms with Gasteiger partial charge >= 0.3 is 0 Å². The normalized spacial score (nSPS) is 15.1. The minimum absolute atomic E-state index is 0.0694. The SMILES string of the molecule is CCN(CC)CCOc1ccccc1C(=O)N1CCNCC1. The highest BCUT2D eigenvalue weighted by Gasteiger charge is 2.20. The lowest BCUT2D eigenvalue weighted by Gasteiger charge is -2.28. The van der Waals surface area contributed by atoms with Crippen molar-refractivity contribution in [3.8, 4) is 5.75 Å². The minimum atomic E-state index is 0.0694. The molecule has 1 aliphatic rings. The third-order valence-electron chi connectivity index (χ3n) is 4.08. The molecule has 1 aliphatic heterocycles. The van der Waals surface area contributed by atoms with E-state index in [4.69, 9.17) is 4.74 Å². The van der Waals surface area contributed by atoms with Gasteiger partial charge in [0.25, 0.3) is 5.91 Å². The minimum Gasteiger partial charge on any atom is -0.491 e. The van der Waals surface area contributed by atoms with E-state index in [-0.39, 0.29) is 5.91 Å². The molecule has 1 heterocycles. The van der Waals surface area contributed by atoms with Crippen molar-refractivity contribution in [1.82, 2.24) is 15.1 Å². The number of nitrogens with zero attached hydrogens (tertiary/aromatic N) is 2. The van der Waals surface area contributed by atoms with Crippen LogP contribution in [0.4, 0.5) is 0 Å². The molecule has 5 nitrogen and oxygen atoms in total. The van der Waals surface area contributed by atoms with Gasteiger partial charge in [-0.15, -0.1) is 0 Å². The first kappa shape index (κ1) is 16.8. The van der Waals surface area contributed by atoms with Gasteiger partial charge in [0.15, 0.2) is 0 Å². The summed E-state index contributed by atoms with van der Waals surface area (Å²) in [6, 6.07) is 7.56. The van der Waals surface area contributed by atoms with Crippen molar-refractivity contribution in [3.63, 3.8) is 0 Å². The molecule has 1 N–H and O–H groups in total. The Morgan fingerprint density at radius 3 is 2.59 bits per heavy atom. The van der Waals surface area contributed by atoms with Gasteiger partial charge in [0.2, 0.25) is 0 Å². The number of para-hydroxylation sites is 1. The average molecular weight is 305 g/mol. The highest BCUT2D eigenvalue weighted by atomic mass is 16.5. The monoisotopic (exact) mass is 305 g/mol. The third-order valence-corrected chi connectivity index (χ3v) is 4.08. The standard InChI is InChI=1S/C17H27N3O2/c1-3-19(4-2)13-14-22-16-8-6-5-7-15(16)17(21)20-11-9-18-10-12-20/h5-8,18H,3-4,9-14H2,1-2H3. The number of amides is 1. The van der Waals surface area contributed by atoms with Crippen LogP contribution in [0.5, 0.6) is 5.75 Å². The number of carbonyl (C=O) groups excluding carboxylic acids is 1. The Kier molecular flexibility index (Phi) is 6.68. The van der Waals surface area contributed by atoms with Gasteiger partial charge in [0, 0.05) is 32.7 Å². The van der Waals surface area contributed by atoms with Crippen molar-refractivity contribution in [2.45, 2.75) is 13.8 Å². The molecule has 0 bridgehead atoms. The van der Waals surface area contributed by atoms with Crippen molar-refractivity contribution in [3.05, 3.63) is 29.8 Å². The number of piperazine rings is 1. The van der Waals surface area contributed by atoms with Crippen molar-refractivity contribution < 1.29 is 9.53 Å². The lowest BCUT2D eigenvalue weighted by molar-refractivity contribution is 0.0730. The Bertz CT molecular complexity index is 469. The second-order valence-electron chi connectivity index (χ2n) is 5.41. The van der Waals surface area contributed by atoms with Crippen molar-refractivity contribution in [2.24, 2.45) is 0 Å². The third kappa shape index (κ3) is 4.45. The van der Waals surface area contributed by atoms with Crippen LogP contribution in [-0.4, -0.2) is 68.1 Å². The second kappa shape index (κ2) is 8.76. The molecule has 1 amide bonds. The summed E-state index contributed by atoms with van der Waals surface area (Å²) in [6.07, 6.45) is 0. The van der Waals surface area contributed by atoms with Crippen LogP contribution >= 0.6 is 0 Å². The van der Waals surface area contributed by atoms with E-state index < -0.39 is 0 Å². The molecule has 0 atom stereocenters. The number of nitrogens with one attached hydrogen (secondary N) is 1. The molecule has 122 valence electrons. The van der Waals surface area contributed by atoms with Gasteiger partial charge in [0.05, 0.1) is 5.56 Å². The molecule has 0 aliphatic carbocycles. The molecule has 0 aromatic heterocycles. The number of hydrogen-bond donors (Lipinski definition) is 1. The van der Waals surface area contributed by atoms with Gasteiger partial charge < -0.3 is 19.9 Å². The van der Waals surface area contributed by atoms with Gasteiger partial charge in [-0.05, 0) is 25.2 Å². The molecule has 0 unspecified atom stereocenters. The molecular weight excluding hydrogens is 278 g/mol. The number of hydrogen-bond acceptors (Lipinski definition) is 4. The first-order valence-electron chi connectivity index (χ1n) is 8.20. The van der Waals surface area contributed by atoms with Gasteiger partial charge in [-0.2, -0.15) is 0 Å². The summed E-state index contributed by atoms with van der Waals surface area (Å²) < 4.78 is 5.88. The molecule has 0 radical (unpaired) electrons. The van der Waals surface area contributed by atoms with Crippen LogP contribution in [0.1, 0.15) is 24.2 Å². The summed E-state index contributed by atoms with van der Waals surface area (Å²) in [5, 5.41) is 3.26. The van der Waals surface area contributed by atoms with E-state index in [0.717, 1.165) is 45.8 Å². The predicted molar refractivity (Wildman–Crippen MR) is 88.5 cm³/mol. The Labute approximate surface area is 133 Å². The molecule has 5 heteroatoms. The predicted octanol–water partition coefficient (Wildman–Crippen LogP) is 1.45. The average Bonchev–Trinajstić information content (AvgIpc) is 2.59. The zero-order valence-electron chi connectivity index (χ0n) is 13.7. The first-order valence-corrected chi connectivity index (χ1v) is 8.20. The van der Waals surface area contributed by atoms with E-state index in [1.165, 1.54) is 0 Å². The highest BCUT2D eigenvalue weighted by molar-refractivity contribution is 5.97. The molecule has 0 spiro atoms. The maximum atomic E-state index is 12.6. The fourth-order valence-electron chi connectivity index (χ4n) is 2.63. The molecule has 2 rings (SSSR count). The molecule has 22 heavy (non-hydrogen) atoms. The number of rotatable bonds is 7. The van der Waals surface area contributed by atoms with E-state index in [9.17, 15) is 4.79 Å². The number of ether oxygens (including phenoxy) is 1. The number of carbonyl (C=O) groups is 1. The van der Waals surface area contributed by atoms with Crippen LogP contribution in [0, 0.1) is 0 Å². The van der Waals surface area contributed by atoms with Crippen LogP contribution < -0.4 is 10.1 Å². The zero-order chi connectivity index (χ0) is 15.8. The van der Waals surface area contributed by atoms with Gasteiger partial charge in [-0.1, -0.05) is 26.0 Å². The van der Waals surface area contributed by atoms with E-state index in [0.29, 0.717) is 17.9 Å². The fraction of sp³-hybridized carbons (Fsp3) is 0.588. The molecule has 1 fully saturated rings. The smallest absolute Gasteiger partial charge is 0.257 e. The van der Waals surface area contributed by atoms with Gasteiger partial charge in [-0.3, -0.25) is 4.79 Å². The number of likely N-dealkylation sites (N-methyl/N-ethyl adjacent to an activating group) is 1. The quantitative estimate of drug-likeness (QED) is 0.828. The first-order chi connectivity index (χ1) is 10.8. The van der Waals surface area contributed by atoms with Crippen LogP contribution in [-0.2, 0) is 0 Å². The summed E-state index contributed by atoms with van der Waals surface area (Å²) >= 11 is 0. The molecule has 1 aromatic rings. The summed E-state index contributed by atoms with van der Waals surface area (Å²) in [5.74, 6) is 0.762. The topological polar surface area (TPSA) is 44.8 Å². The Morgan fingerprint density at radius 2 is 1.91 bits per heavy atom. The lowest BCUT2D eigenvalue weighted by atomic mass is 10.1. The van der Waals surface area contributed by atoms with Crippen molar-refractivity contribution >= 4 is 5.91 Å². The Balaban J connectivity index is 1.98. The van der Waals surface area contributed by atoms with Gasteiger partial charge in [-0.25, -0.2) is 0 Å². The molecule has 1 saturated heterocycles. The summed E-state index contributed by atoms with van der Waals surface area (Å²) in [6.45, 7) is 11.0. The molecule has 1 aromatic carbocycles. The fourth-order valence-corrected chi connectivity index (χ4v) is 2.63. The van der Waals surface area contributed by atoms with Crippen molar-refractivity contribution in [2.75, 3.05) is 52.4 Å². The highest BCUT2D eigenvalue weighted by Crippen LogP contribution is 2.20. The second-order valence-corrected chi connectivity index (χ2v) is 5.41. The summed E-state index contributed by atoms with van der Waals surface area (Å²) in [7, 11) is 0. The van der Waals surface area contributed by atoms with E-state index in [1.54, 1.807) is 0 Å². The van der Waals surface area contributed by atoms with E-state index >= 15 is 0 Å². The number of benzene rings is 1. The van der Waals surface area contributed by atoms with Crippen molar-refractivity contribution in [1.29, 1.82) is 0 Å². The summed E-state index contributed by atoms with van der Waals surface area (Å²) in [5.41, 5.74) is 0.670. The molecule has 0 saturated carbocycles. The van der Waals surface area contributed by atoms with Crippen LogP contribution in [0.25, 0.3) is 0 Å². The Morgan fingerprint density at radius 1 is 1.23 bits per heavy atom. The Hall–Kier alpha value is -1.59.